The predicted molar refractivity (Wildman–Crippen MR) is 194 cm³/mol. The van der Waals surface area contributed by atoms with Gasteiger partial charge < -0.3 is 45.2 Å². The summed E-state index contributed by atoms with van der Waals surface area (Å²) in [5, 5.41) is 11.8. The van der Waals surface area contributed by atoms with E-state index in [1.165, 1.54) is 0 Å². The van der Waals surface area contributed by atoms with Crippen molar-refractivity contribution in [2.75, 3.05) is 13.2 Å². The van der Waals surface area contributed by atoms with E-state index in [1.807, 2.05) is 6.92 Å². The Hall–Kier alpha value is -1.90. The Morgan fingerprint density at radius 2 is 1.47 bits per heavy atom. The Labute approximate surface area is 317 Å². The van der Waals surface area contributed by atoms with E-state index in [9.17, 15) is 14.7 Å². The van der Waals surface area contributed by atoms with Crippen LogP contribution < -0.4 is 0 Å². The average molecular weight is 837 g/mol. The predicted octanol–water partition coefficient (Wildman–Crippen LogP) is 6.80. The fraction of sp³-hybridized carbons (Fsp3) is 0.615. The fourth-order valence-electron chi connectivity index (χ4n) is 8.58. The minimum absolute atomic E-state index is 0. The molecule has 0 aromatic heterocycles. The third-order valence-electron chi connectivity index (χ3n) is 11.7. The molecule has 2 aromatic carbocycles. The number of fused-ring (bicyclic) bond motifs is 3. The third-order valence-corrected chi connectivity index (χ3v) is 12.7. The number of hydrogen-bond donors (Lipinski definition) is 1. The zero-order chi connectivity index (χ0) is 36.0. The lowest BCUT2D eigenvalue weighted by Gasteiger charge is -2.51. The van der Waals surface area contributed by atoms with Gasteiger partial charge in [-0.15, -0.1) is 0 Å². The standard InChI is InChI=1S/C39H47Br2O10/c1-20-16-28-30(18-31-34(48-28)22(3)33(42)36-35(49-31)21(2)23(4)39(51-36)14-5-15-46-39)47-32(19-45-37(43)24-6-10-26(40)11-7-24)29(17-20)50-38(44)25-8-12-27(41)13-9-25/h6-13,20-23,28-36,42H,1,5,14-19H2,2-4H3/q-1/p+1/t20-,21+,22+,23+,28+,29-,30-,31+,32+,33+,34-,35-,36+,39-/m1/s1. The Bertz CT molecular complexity index is 1540. The van der Waals surface area contributed by atoms with Gasteiger partial charge in [-0.2, -0.15) is 5.92 Å². The number of hydrogen-bond acceptors (Lipinski definition) is 10. The number of benzene rings is 2. The number of carbonyl (C=O) groups excluding carboxylic acids is 2. The van der Waals surface area contributed by atoms with E-state index in [1.54, 1.807) is 48.5 Å². The van der Waals surface area contributed by atoms with Gasteiger partial charge in [0, 0.05) is 33.6 Å². The molecule has 1 spiro atoms. The van der Waals surface area contributed by atoms with Crippen molar-refractivity contribution in [3.05, 3.63) is 75.5 Å². The van der Waals surface area contributed by atoms with Crippen LogP contribution in [-0.2, 0) is 33.2 Å². The molecule has 7 rings (SSSR count). The van der Waals surface area contributed by atoms with Crippen molar-refractivity contribution in [2.24, 2.45) is 23.7 Å². The molecule has 12 heteroatoms. The van der Waals surface area contributed by atoms with Crippen molar-refractivity contribution in [1.82, 2.24) is 0 Å². The lowest BCUT2D eigenvalue weighted by Crippen LogP contribution is -2.60. The lowest BCUT2D eigenvalue weighted by molar-refractivity contribution is -0.338. The normalized spacial score (nSPS) is 40.9. The smallest absolute Gasteiger partial charge is 0.459 e. The molecular weight excluding hydrogens is 788 g/mol. The van der Waals surface area contributed by atoms with Gasteiger partial charge in [0.2, 0.25) is 0 Å². The summed E-state index contributed by atoms with van der Waals surface area (Å²) < 4.78 is 47.1. The van der Waals surface area contributed by atoms with Crippen LogP contribution in [0.25, 0.3) is 0 Å². The van der Waals surface area contributed by atoms with E-state index in [0.717, 1.165) is 21.8 Å². The SMILES string of the molecule is [CH2-][C@@H]1C[C@@H]2O[C@@H]3[C@@H](C)[C@H](O)[C@@H]4O[C@]5(CCCO5)[C@@H](C)[C@H](C)[C@H]4O[C@H]3C[C@H]2O[C@@H](COC(=O)c2ccc(Br)cc2)[C@H](OC(=O)c2ccc(Br)cc2)C1.[H+]. The van der Waals surface area contributed by atoms with Gasteiger partial charge in [-0.05, 0) is 73.7 Å². The van der Waals surface area contributed by atoms with E-state index < -0.39 is 60.5 Å². The van der Waals surface area contributed by atoms with Crippen molar-refractivity contribution in [1.29, 1.82) is 0 Å². The van der Waals surface area contributed by atoms with Crippen LogP contribution in [0.15, 0.2) is 57.5 Å². The number of aliphatic hydroxyl groups excluding tert-OH is 1. The Morgan fingerprint density at radius 1 is 0.843 bits per heavy atom. The first-order valence-corrected chi connectivity index (χ1v) is 19.7. The molecule has 5 aliphatic rings. The van der Waals surface area contributed by atoms with Crippen LogP contribution in [0, 0.1) is 30.6 Å². The Balaban J connectivity index is 0.00000464. The van der Waals surface area contributed by atoms with E-state index in [0.29, 0.717) is 37.0 Å². The summed E-state index contributed by atoms with van der Waals surface area (Å²) >= 11 is 6.82. The fourth-order valence-corrected chi connectivity index (χ4v) is 9.11. The summed E-state index contributed by atoms with van der Waals surface area (Å²) in [5.41, 5.74) is 0.783. The molecule has 2 aromatic rings. The molecule has 5 heterocycles. The second kappa shape index (κ2) is 15.5. The first-order chi connectivity index (χ1) is 24.4. The van der Waals surface area contributed by atoms with Crippen LogP contribution in [0.3, 0.4) is 0 Å². The maximum Gasteiger partial charge on any atom is 1.00 e. The molecule has 0 unspecified atom stereocenters. The molecule has 278 valence electrons. The van der Waals surface area contributed by atoms with E-state index in [4.69, 9.17) is 33.2 Å². The molecule has 0 radical (unpaired) electrons. The quantitative estimate of drug-likeness (QED) is 0.255. The molecule has 0 amide bonds. The number of carbonyl (C=O) groups is 2. The molecule has 0 bridgehead atoms. The number of aliphatic hydroxyl groups is 1. The molecule has 5 saturated heterocycles. The molecule has 0 aliphatic carbocycles. The molecule has 51 heavy (non-hydrogen) atoms. The maximum absolute atomic E-state index is 13.4. The van der Waals surface area contributed by atoms with Gasteiger partial charge in [0.1, 0.15) is 24.9 Å². The average Bonchev–Trinajstić information content (AvgIpc) is 3.56. The molecule has 10 nitrogen and oxygen atoms in total. The monoisotopic (exact) mass is 834 g/mol. The van der Waals surface area contributed by atoms with Crippen LogP contribution in [-0.4, -0.2) is 91.0 Å². The van der Waals surface area contributed by atoms with Crippen LogP contribution in [0.5, 0.6) is 0 Å². The maximum atomic E-state index is 13.4. The van der Waals surface area contributed by atoms with Crippen molar-refractivity contribution < 1.29 is 49.3 Å². The largest absolute Gasteiger partial charge is 1.00 e. The van der Waals surface area contributed by atoms with Gasteiger partial charge in [0.25, 0.3) is 0 Å². The van der Waals surface area contributed by atoms with Gasteiger partial charge in [0.15, 0.2) is 5.79 Å². The third kappa shape index (κ3) is 7.72. The van der Waals surface area contributed by atoms with E-state index in [2.05, 4.69) is 52.6 Å². The number of rotatable bonds is 5. The van der Waals surface area contributed by atoms with Gasteiger partial charge in [-0.3, -0.25) is 0 Å². The molecule has 5 fully saturated rings. The zero-order valence-electron chi connectivity index (χ0n) is 30.2. The summed E-state index contributed by atoms with van der Waals surface area (Å²) in [6.07, 6.45) is -1.91. The van der Waals surface area contributed by atoms with Crippen molar-refractivity contribution in [3.63, 3.8) is 0 Å². The van der Waals surface area contributed by atoms with Crippen molar-refractivity contribution in [2.45, 2.75) is 114 Å². The lowest BCUT2D eigenvalue weighted by atomic mass is 9.76. The van der Waals surface area contributed by atoms with Crippen LogP contribution in [0.2, 0.25) is 0 Å². The highest BCUT2D eigenvalue weighted by atomic mass is 79.9. The summed E-state index contributed by atoms with van der Waals surface area (Å²) in [7, 11) is 0. The molecule has 14 atom stereocenters. The highest BCUT2D eigenvalue weighted by Gasteiger charge is 2.60. The summed E-state index contributed by atoms with van der Waals surface area (Å²) in [6.45, 7) is 11.2. The van der Waals surface area contributed by atoms with Gasteiger partial charge in [0.05, 0.1) is 54.4 Å². The molecule has 0 saturated carbocycles. The highest BCUT2D eigenvalue weighted by Crippen LogP contribution is 2.50. The van der Waals surface area contributed by atoms with Crippen molar-refractivity contribution >= 4 is 43.8 Å². The van der Waals surface area contributed by atoms with Crippen molar-refractivity contribution in [3.8, 4) is 0 Å². The number of halogens is 2. The minimum Gasteiger partial charge on any atom is -0.459 e. The highest BCUT2D eigenvalue weighted by molar-refractivity contribution is 9.10. The number of ether oxygens (including phenoxy) is 7. The first-order valence-electron chi connectivity index (χ1n) is 18.1. The van der Waals surface area contributed by atoms with Gasteiger partial charge >= 0.3 is 13.4 Å². The summed E-state index contributed by atoms with van der Waals surface area (Å²) in [6, 6.07) is 13.8. The van der Waals surface area contributed by atoms with E-state index in [-0.39, 0.29) is 43.9 Å². The topological polar surface area (TPSA) is 119 Å². The zero-order valence-corrected chi connectivity index (χ0v) is 32.3. The number of esters is 2. The van der Waals surface area contributed by atoms with Gasteiger partial charge in [-0.1, -0.05) is 52.6 Å². The Kier molecular flexibility index (Phi) is 11.3. The summed E-state index contributed by atoms with van der Waals surface area (Å²) in [5.74, 6) is -2.10. The van der Waals surface area contributed by atoms with Crippen LogP contribution in [0.4, 0.5) is 0 Å². The van der Waals surface area contributed by atoms with E-state index >= 15 is 0 Å². The Morgan fingerprint density at radius 3 is 2.12 bits per heavy atom. The van der Waals surface area contributed by atoms with Crippen LogP contribution >= 0.6 is 31.9 Å². The second-order valence-corrected chi connectivity index (χ2v) is 16.8. The minimum atomic E-state index is -0.823. The molecular formula is C39H48Br2O10. The van der Waals surface area contributed by atoms with Gasteiger partial charge in [-0.25, -0.2) is 9.59 Å². The van der Waals surface area contributed by atoms with Crippen LogP contribution in [0.1, 0.15) is 75.0 Å². The first kappa shape index (κ1) is 37.4. The second-order valence-electron chi connectivity index (χ2n) is 15.0. The molecule has 1 N–H and O–H groups in total. The molecule has 5 aliphatic heterocycles. The summed E-state index contributed by atoms with van der Waals surface area (Å²) in [4.78, 5) is 26.6.